The van der Waals surface area contributed by atoms with Crippen LogP contribution < -0.4 is 14.8 Å². The highest BCUT2D eigenvalue weighted by atomic mass is 16.5. The Labute approximate surface area is 194 Å². The summed E-state index contributed by atoms with van der Waals surface area (Å²) in [6.07, 6.45) is 1.16. The molecule has 0 radical (unpaired) electrons. The number of benzene rings is 3. The molecule has 1 amide bonds. The summed E-state index contributed by atoms with van der Waals surface area (Å²) in [6.45, 7) is 0. The van der Waals surface area contributed by atoms with E-state index in [1.165, 1.54) is 0 Å². The number of nitrogens with one attached hydrogen (secondary N) is 1. The van der Waals surface area contributed by atoms with Gasteiger partial charge >= 0.3 is 0 Å². The summed E-state index contributed by atoms with van der Waals surface area (Å²) in [6, 6.07) is 29.3. The molecule has 0 saturated heterocycles. The number of anilines is 1. The number of carbonyl (C=O) groups excluding carboxylic acids is 1. The van der Waals surface area contributed by atoms with Crippen LogP contribution in [-0.4, -0.2) is 25.1 Å². The molecule has 33 heavy (non-hydrogen) atoms. The highest BCUT2D eigenvalue weighted by Gasteiger charge is 2.11. The number of nitrogens with zero attached hydrogens (tertiary/aromatic N) is 1. The van der Waals surface area contributed by atoms with Crippen LogP contribution in [0.3, 0.4) is 0 Å². The first-order chi connectivity index (χ1) is 16.2. The van der Waals surface area contributed by atoms with Gasteiger partial charge in [-0.2, -0.15) is 0 Å². The maximum atomic E-state index is 12.3. The standard InChI is InChI=1S/C28H26N2O3/c1-32-23-16-17-27(33-2)24(19-23)26-10-6-9-25(30-26)21-12-14-22(15-13-21)29-28(31)18-11-20-7-4-3-5-8-20/h3-10,12-17,19H,11,18H2,1-2H3,(H,29,31). The first-order valence-electron chi connectivity index (χ1n) is 10.8. The van der Waals surface area contributed by atoms with Gasteiger partial charge in [-0.25, -0.2) is 4.98 Å². The Morgan fingerprint density at radius 3 is 2.30 bits per heavy atom. The lowest BCUT2D eigenvalue weighted by Gasteiger charge is -2.11. The van der Waals surface area contributed by atoms with E-state index in [9.17, 15) is 4.79 Å². The van der Waals surface area contributed by atoms with Gasteiger partial charge in [-0.1, -0.05) is 48.5 Å². The largest absolute Gasteiger partial charge is 0.497 e. The third-order valence-electron chi connectivity index (χ3n) is 5.38. The smallest absolute Gasteiger partial charge is 0.224 e. The second-order valence-electron chi connectivity index (χ2n) is 7.59. The third kappa shape index (κ3) is 5.57. The minimum Gasteiger partial charge on any atom is -0.497 e. The van der Waals surface area contributed by atoms with Crippen molar-refractivity contribution in [2.45, 2.75) is 12.8 Å². The van der Waals surface area contributed by atoms with Gasteiger partial charge in [0.2, 0.25) is 5.91 Å². The summed E-state index contributed by atoms with van der Waals surface area (Å²) in [5, 5.41) is 2.97. The number of carbonyl (C=O) groups is 1. The fourth-order valence-corrected chi connectivity index (χ4v) is 3.61. The van der Waals surface area contributed by atoms with Crippen LogP contribution in [0.25, 0.3) is 22.5 Å². The minimum atomic E-state index is -0.00292. The van der Waals surface area contributed by atoms with Gasteiger partial charge in [0.1, 0.15) is 11.5 Å². The molecular weight excluding hydrogens is 412 g/mol. The number of ether oxygens (including phenoxy) is 2. The Bertz CT molecular complexity index is 1220. The summed E-state index contributed by atoms with van der Waals surface area (Å²) in [7, 11) is 3.28. The van der Waals surface area contributed by atoms with Crippen molar-refractivity contribution < 1.29 is 14.3 Å². The molecule has 5 heteroatoms. The Morgan fingerprint density at radius 1 is 0.818 bits per heavy atom. The molecule has 0 aliphatic heterocycles. The lowest BCUT2D eigenvalue weighted by atomic mass is 10.1. The summed E-state index contributed by atoms with van der Waals surface area (Å²) in [5.41, 5.74) is 5.37. The molecule has 4 aromatic rings. The van der Waals surface area contributed by atoms with Gasteiger partial charge in [0.15, 0.2) is 0 Å². The van der Waals surface area contributed by atoms with Crippen LogP contribution in [0.1, 0.15) is 12.0 Å². The molecule has 4 rings (SSSR count). The van der Waals surface area contributed by atoms with Gasteiger partial charge in [-0.15, -0.1) is 0 Å². The normalized spacial score (nSPS) is 10.5. The lowest BCUT2D eigenvalue weighted by molar-refractivity contribution is -0.116. The number of hydrogen-bond donors (Lipinski definition) is 1. The van der Waals surface area contributed by atoms with Crippen molar-refractivity contribution in [2.24, 2.45) is 0 Å². The minimum absolute atomic E-state index is 0.00292. The summed E-state index contributed by atoms with van der Waals surface area (Å²) >= 11 is 0. The number of amides is 1. The molecule has 0 aliphatic carbocycles. The van der Waals surface area contributed by atoms with Gasteiger partial charge in [0.25, 0.3) is 0 Å². The second kappa shape index (κ2) is 10.5. The van der Waals surface area contributed by atoms with Crippen molar-refractivity contribution in [3.05, 3.63) is 96.6 Å². The number of pyridine rings is 1. The molecule has 1 heterocycles. The number of rotatable bonds is 8. The SMILES string of the molecule is COc1ccc(OC)c(-c2cccc(-c3ccc(NC(=O)CCc4ccccc4)cc3)n2)c1. The Balaban J connectivity index is 1.47. The third-order valence-corrected chi connectivity index (χ3v) is 5.38. The molecule has 0 atom stereocenters. The molecule has 0 aliphatic rings. The quantitative estimate of drug-likeness (QED) is 0.366. The van der Waals surface area contributed by atoms with Crippen LogP contribution in [0, 0.1) is 0 Å². The molecule has 3 aromatic carbocycles. The highest BCUT2D eigenvalue weighted by molar-refractivity contribution is 5.91. The lowest BCUT2D eigenvalue weighted by Crippen LogP contribution is -2.12. The van der Waals surface area contributed by atoms with Crippen LogP contribution in [-0.2, 0) is 11.2 Å². The number of hydrogen-bond acceptors (Lipinski definition) is 4. The average molecular weight is 439 g/mol. The van der Waals surface area contributed by atoms with Gasteiger partial charge in [0, 0.05) is 23.2 Å². The first kappa shape index (κ1) is 22.1. The Morgan fingerprint density at radius 2 is 1.58 bits per heavy atom. The molecule has 1 N–H and O–H groups in total. The molecule has 0 fully saturated rings. The number of aryl methyl sites for hydroxylation is 1. The first-order valence-corrected chi connectivity index (χ1v) is 10.8. The second-order valence-corrected chi connectivity index (χ2v) is 7.59. The molecule has 166 valence electrons. The molecule has 0 unspecified atom stereocenters. The van der Waals surface area contributed by atoms with Crippen molar-refractivity contribution in [1.82, 2.24) is 4.98 Å². The summed E-state index contributed by atoms with van der Waals surface area (Å²) < 4.78 is 10.9. The fraction of sp³-hybridized carbons (Fsp3) is 0.143. The summed E-state index contributed by atoms with van der Waals surface area (Å²) in [4.78, 5) is 17.1. The van der Waals surface area contributed by atoms with Crippen LogP contribution in [0.15, 0.2) is 91.0 Å². The van der Waals surface area contributed by atoms with E-state index in [-0.39, 0.29) is 5.91 Å². The van der Waals surface area contributed by atoms with E-state index in [1.54, 1.807) is 14.2 Å². The van der Waals surface area contributed by atoms with Crippen LogP contribution in [0.2, 0.25) is 0 Å². The Hall–Kier alpha value is -4.12. The number of methoxy groups -OCH3 is 2. The topological polar surface area (TPSA) is 60.5 Å². The predicted molar refractivity (Wildman–Crippen MR) is 132 cm³/mol. The molecule has 0 bridgehead atoms. The molecule has 0 spiro atoms. The van der Waals surface area contributed by atoms with Crippen LogP contribution in [0.5, 0.6) is 11.5 Å². The van der Waals surface area contributed by atoms with Crippen LogP contribution in [0.4, 0.5) is 5.69 Å². The van der Waals surface area contributed by atoms with E-state index in [2.05, 4.69) is 5.32 Å². The van der Waals surface area contributed by atoms with E-state index in [4.69, 9.17) is 14.5 Å². The average Bonchev–Trinajstić information content (AvgIpc) is 2.88. The predicted octanol–water partition coefficient (Wildman–Crippen LogP) is 6.00. The van der Waals surface area contributed by atoms with Gasteiger partial charge in [-0.05, 0) is 54.4 Å². The van der Waals surface area contributed by atoms with Crippen molar-refractivity contribution in [3.8, 4) is 34.0 Å². The maximum Gasteiger partial charge on any atom is 0.224 e. The molecule has 5 nitrogen and oxygen atoms in total. The molecular formula is C28H26N2O3. The Kier molecular flexibility index (Phi) is 7.00. The van der Waals surface area contributed by atoms with E-state index < -0.39 is 0 Å². The van der Waals surface area contributed by atoms with Gasteiger partial charge in [-0.3, -0.25) is 4.79 Å². The maximum absolute atomic E-state index is 12.3. The summed E-state index contributed by atoms with van der Waals surface area (Å²) in [5.74, 6) is 1.47. The van der Waals surface area contributed by atoms with Gasteiger partial charge in [0.05, 0.1) is 25.6 Å². The zero-order valence-electron chi connectivity index (χ0n) is 18.7. The number of aromatic nitrogens is 1. The zero-order chi connectivity index (χ0) is 23.0. The van der Waals surface area contributed by atoms with E-state index in [0.29, 0.717) is 6.42 Å². The van der Waals surface area contributed by atoms with Crippen LogP contribution >= 0.6 is 0 Å². The molecule has 0 saturated carbocycles. The van der Waals surface area contributed by atoms with E-state index in [1.807, 2.05) is 91.0 Å². The van der Waals surface area contributed by atoms with Crippen molar-refractivity contribution >= 4 is 11.6 Å². The van der Waals surface area contributed by atoms with E-state index >= 15 is 0 Å². The van der Waals surface area contributed by atoms with E-state index in [0.717, 1.165) is 51.7 Å². The van der Waals surface area contributed by atoms with Crippen molar-refractivity contribution in [2.75, 3.05) is 19.5 Å². The van der Waals surface area contributed by atoms with Crippen molar-refractivity contribution in [3.63, 3.8) is 0 Å². The molecule has 1 aromatic heterocycles. The fourth-order valence-electron chi connectivity index (χ4n) is 3.61. The zero-order valence-corrected chi connectivity index (χ0v) is 18.7. The van der Waals surface area contributed by atoms with Crippen molar-refractivity contribution in [1.29, 1.82) is 0 Å². The highest BCUT2D eigenvalue weighted by Crippen LogP contribution is 2.33. The monoisotopic (exact) mass is 438 g/mol. The van der Waals surface area contributed by atoms with Gasteiger partial charge < -0.3 is 14.8 Å².